The van der Waals surface area contributed by atoms with Gasteiger partial charge in [0.1, 0.15) is 12.7 Å². The lowest BCUT2D eigenvalue weighted by Crippen LogP contribution is -2.29. The van der Waals surface area contributed by atoms with Gasteiger partial charge in [0.05, 0.1) is 48.8 Å². The Morgan fingerprint density at radius 3 is 1.56 bits per heavy atom. The molecule has 3 fully saturated rings. The number of carbonyl (C=O) groups is 3. The molecule has 1 aromatic carbocycles. The van der Waals surface area contributed by atoms with Gasteiger partial charge in [-0.05, 0) is 103 Å². The number of fused-ring (bicyclic) bond motifs is 1. The first-order valence-electron chi connectivity index (χ1n) is 18.1. The molecule has 0 aromatic heterocycles. The SMILES string of the molecule is CCC(C)(C)C(=O)OC.CCC(C)(C)C(=O)OCC1CCC2OC2C1.CCC(C)(C)C(=O)OCC1CO1.CCC(C)(C)c1ccccc1. The smallest absolute Gasteiger partial charge is 0.311 e. The molecule has 1 saturated carbocycles. The number of ether oxygens (including phenoxy) is 5. The fourth-order valence-corrected chi connectivity index (χ4v) is 4.36. The number of hydrogen-bond acceptors (Lipinski definition) is 8. The van der Waals surface area contributed by atoms with Crippen LogP contribution in [-0.2, 0) is 43.5 Å². The van der Waals surface area contributed by atoms with Gasteiger partial charge in [0.25, 0.3) is 0 Å². The van der Waals surface area contributed by atoms with E-state index in [4.69, 9.17) is 18.9 Å². The predicted molar refractivity (Wildman–Crippen MR) is 192 cm³/mol. The van der Waals surface area contributed by atoms with Crippen LogP contribution in [0.25, 0.3) is 0 Å². The van der Waals surface area contributed by atoms with Gasteiger partial charge in [-0.1, -0.05) is 71.9 Å². The summed E-state index contributed by atoms with van der Waals surface area (Å²) < 4.78 is 25.4. The van der Waals surface area contributed by atoms with Gasteiger partial charge in [0, 0.05) is 0 Å². The van der Waals surface area contributed by atoms with E-state index in [9.17, 15) is 14.4 Å². The molecular formula is C40H68O8. The van der Waals surface area contributed by atoms with Gasteiger partial charge in [-0.2, -0.15) is 0 Å². The van der Waals surface area contributed by atoms with Crippen molar-refractivity contribution in [3.05, 3.63) is 35.9 Å². The van der Waals surface area contributed by atoms with Gasteiger partial charge >= 0.3 is 17.9 Å². The molecule has 276 valence electrons. The number of epoxide rings is 2. The Labute approximate surface area is 292 Å². The Balaban J connectivity index is 0.000000328. The van der Waals surface area contributed by atoms with E-state index in [2.05, 4.69) is 55.8 Å². The summed E-state index contributed by atoms with van der Waals surface area (Å²) in [6.45, 7) is 25.9. The lowest BCUT2D eigenvalue weighted by Gasteiger charge is -2.24. The minimum absolute atomic E-state index is 0.0613. The van der Waals surface area contributed by atoms with Gasteiger partial charge in [-0.25, -0.2) is 0 Å². The summed E-state index contributed by atoms with van der Waals surface area (Å²) in [6.07, 6.45) is 8.16. The lowest BCUT2D eigenvalue weighted by molar-refractivity contribution is -0.156. The molecule has 0 radical (unpaired) electrons. The van der Waals surface area contributed by atoms with Crippen LogP contribution in [0.15, 0.2) is 30.3 Å². The van der Waals surface area contributed by atoms with Crippen LogP contribution in [0.5, 0.6) is 0 Å². The highest BCUT2D eigenvalue weighted by atomic mass is 16.6. The topological polar surface area (TPSA) is 104 Å². The molecule has 2 heterocycles. The van der Waals surface area contributed by atoms with Gasteiger partial charge in [0.2, 0.25) is 0 Å². The molecule has 1 aromatic rings. The molecular weight excluding hydrogens is 608 g/mol. The monoisotopic (exact) mass is 676 g/mol. The van der Waals surface area contributed by atoms with Gasteiger partial charge in [0.15, 0.2) is 0 Å². The minimum Gasteiger partial charge on any atom is -0.469 e. The van der Waals surface area contributed by atoms with E-state index >= 15 is 0 Å². The molecule has 2 aliphatic heterocycles. The molecule has 1 aliphatic carbocycles. The molecule has 3 aliphatic rings. The van der Waals surface area contributed by atoms with Crippen molar-refractivity contribution in [1.29, 1.82) is 0 Å². The third-order valence-corrected chi connectivity index (χ3v) is 10.3. The van der Waals surface area contributed by atoms with Crippen LogP contribution in [0, 0.1) is 22.2 Å². The number of benzene rings is 1. The summed E-state index contributed by atoms with van der Waals surface area (Å²) in [5.74, 6) is 0.194. The van der Waals surface area contributed by atoms with E-state index in [1.165, 1.54) is 19.1 Å². The second-order valence-electron chi connectivity index (χ2n) is 15.9. The van der Waals surface area contributed by atoms with Crippen LogP contribution in [0.1, 0.15) is 134 Å². The molecule has 4 unspecified atom stereocenters. The maximum absolute atomic E-state index is 11.8. The van der Waals surface area contributed by atoms with E-state index in [1.807, 2.05) is 62.3 Å². The molecule has 8 heteroatoms. The van der Waals surface area contributed by atoms with Gasteiger partial charge in [-0.15, -0.1) is 0 Å². The average Bonchev–Trinajstić information content (AvgIpc) is 4.02. The predicted octanol–water partition coefficient (Wildman–Crippen LogP) is 8.87. The highest BCUT2D eigenvalue weighted by Crippen LogP contribution is 2.39. The number of esters is 3. The van der Waals surface area contributed by atoms with Crippen molar-refractivity contribution >= 4 is 17.9 Å². The molecule has 4 rings (SSSR count). The molecule has 2 saturated heterocycles. The first-order chi connectivity index (χ1) is 22.3. The van der Waals surface area contributed by atoms with Gasteiger partial charge < -0.3 is 23.7 Å². The van der Waals surface area contributed by atoms with Crippen molar-refractivity contribution in [2.45, 2.75) is 152 Å². The Hall–Kier alpha value is -2.45. The van der Waals surface area contributed by atoms with E-state index in [0.717, 1.165) is 45.1 Å². The number of methoxy groups -OCH3 is 1. The van der Waals surface area contributed by atoms with Crippen LogP contribution >= 0.6 is 0 Å². The van der Waals surface area contributed by atoms with Crippen LogP contribution < -0.4 is 0 Å². The fourth-order valence-electron chi connectivity index (χ4n) is 4.36. The number of carbonyl (C=O) groups excluding carboxylic acids is 3. The summed E-state index contributed by atoms with van der Waals surface area (Å²) in [5, 5.41) is 0. The summed E-state index contributed by atoms with van der Waals surface area (Å²) in [5.41, 5.74) is 0.764. The third kappa shape index (κ3) is 15.4. The van der Waals surface area contributed by atoms with Crippen LogP contribution in [0.3, 0.4) is 0 Å². The first-order valence-corrected chi connectivity index (χ1v) is 18.1. The maximum Gasteiger partial charge on any atom is 0.311 e. The maximum atomic E-state index is 11.8. The lowest BCUT2D eigenvalue weighted by atomic mass is 9.82. The highest BCUT2D eigenvalue weighted by molar-refractivity contribution is 5.76. The van der Waals surface area contributed by atoms with Crippen molar-refractivity contribution in [2.75, 3.05) is 26.9 Å². The Morgan fingerprint density at radius 1 is 0.688 bits per heavy atom. The van der Waals surface area contributed by atoms with Crippen molar-refractivity contribution in [3.8, 4) is 0 Å². The summed E-state index contributed by atoms with van der Waals surface area (Å²) in [4.78, 5) is 34.0. The minimum atomic E-state index is -0.352. The standard InChI is InChI=1S/C13H22O3.C11H16.C9H16O3.C7H14O2/c1-4-13(2,3)12(14)15-8-9-5-6-10-11(7-9)16-10;1-4-11(2,3)10-8-6-5-7-9-10;1-4-9(2,3)8(10)12-6-7-5-11-7;1-5-7(2,3)6(8)9-4/h9-11H,4-8H2,1-3H3;5-9H,4H2,1-3H3;7H,4-6H2,1-3H3;5H2,1-4H3. The third-order valence-electron chi connectivity index (χ3n) is 10.3. The Kier molecular flexibility index (Phi) is 17.9. The average molecular weight is 677 g/mol. The Bertz CT molecular complexity index is 1100. The second-order valence-corrected chi connectivity index (χ2v) is 15.9. The van der Waals surface area contributed by atoms with Gasteiger partial charge in [-0.3, -0.25) is 14.4 Å². The van der Waals surface area contributed by atoms with Crippen molar-refractivity contribution in [3.63, 3.8) is 0 Å². The second kappa shape index (κ2) is 19.7. The molecule has 8 nitrogen and oxygen atoms in total. The Morgan fingerprint density at radius 2 is 1.17 bits per heavy atom. The van der Waals surface area contributed by atoms with Crippen molar-refractivity contribution in [1.82, 2.24) is 0 Å². The number of hydrogen-bond donors (Lipinski definition) is 0. The first kappa shape index (κ1) is 43.6. The number of rotatable bonds is 12. The van der Waals surface area contributed by atoms with E-state index < -0.39 is 0 Å². The van der Waals surface area contributed by atoms with E-state index in [1.54, 1.807) is 0 Å². The van der Waals surface area contributed by atoms with E-state index in [0.29, 0.717) is 36.8 Å². The molecule has 48 heavy (non-hydrogen) atoms. The zero-order valence-electron chi connectivity index (χ0n) is 32.5. The zero-order valence-corrected chi connectivity index (χ0v) is 32.5. The molecule has 0 amide bonds. The van der Waals surface area contributed by atoms with Crippen LogP contribution in [0.4, 0.5) is 0 Å². The molecule has 4 atom stereocenters. The normalized spacial score (nSPS) is 21.3. The van der Waals surface area contributed by atoms with Crippen molar-refractivity contribution < 1.29 is 38.1 Å². The van der Waals surface area contributed by atoms with E-state index in [-0.39, 0.29) is 40.3 Å². The summed E-state index contributed by atoms with van der Waals surface area (Å²) in [6, 6.07) is 10.7. The summed E-state index contributed by atoms with van der Waals surface area (Å²) >= 11 is 0. The largest absolute Gasteiger partial charge is 0.469 e. The fraction of sp³-hybridized carbons (Fsp3) is 0.775. The quantitative estimate of drug-likeness (QED) is 0.123. The van der Waals surface area contributed by atoms with Crippen molar-refractivity contribution in [2.24, 2.45) is 22.2 Å². The highest BCUT2D eigenvalue weighted by Gasteiger charge is 2.44. The molecule has 0 spiro atoms. The molecule has 0 N–H and O–H groups in total. The van der Waals surface area contributed by atoms with Crippen LogP contribution in [-0.4, -0.2) is 63.2 Å². The molecule has 0 bridgehead atoms. The summed E-state index contributed by atoms with van der Waals surface area (Å²) in [7, 11) is 1.42. The van der Waals surface area contributed by atoms with Crippen LogP contribution in [0.2, 0.25) is 0 Å². The zero-order chi connectivity index (χ0) is 36.8.